The zero-order valence-electron chi connectivity index (χ0n) is 12.9. The summed E-state index contributed by atoms with van der Waals surface area (Å²) in [5.41, 5.74) is 3.33. The van der Waals surface area contributed by atoms with Gasteiger partial charge in [-0.3, -0.25) is 14.7 Å². The van der Waals surface area contributed by atoms with E-state index in [0.29, 0.717) is 0 Å². The number of benzene rings is 1. The van der Waals surface area contributed by atoms with Crippen molar-refractivity contribution in [3.05, 3.63) is 42.7 Å². The molecule has 8 heteroatoms. The highest BCUT2D eigenvalue weighted by atomic mass is 32.2. The second kappa shape index (κ2) is 6.51. The molecule has 23 heavy (non-hydrogen) atoms. The summed E-state index contributed by atoms with van der Waals surface area (Å²) in [6.07, 6.45) is 4.43. The van der Waals surface area contributed by atoms with Gasteiger partial charge in [-0.2, -0.15) is 5.10 Å². The number of aromatic nitrogens is 2. The number of carbonyl (C=O) groups excluding carboxylic acids is 1. The molecule has 0 aliphatic carbocycles. The van der Waals surface area contributed by atoms with Gasteiger partial charge < -0.3 is 0 Å². The SMILES string of the molecule is CC(CCn1cc(-c2ccccc2)cn1)(C(=O)NO)S(C)(=O)=O. The van der Waals surface area contributed by atoms with Gasteiger partial charge in [-0.15, -0.1) is 0 Å². The van der Waals surface area contributed by atoms with E-state index in [1.54, 1.807) is 17.1 Å². The molecule has 0 aliphatic rings. The molecular weight excluding hydrogens is 318 g/mol. The Kier molecular flexibility index (Phi) is 4.86. The molecule has 2 aromatic rings. The summed E-state index contributed by atoms with van der Waals surface area (Å²) in [7, 11) is -3.70. The van der Waals surface area contributed by atoms with Crippen molar-refractivity contribution < 1.29 is 18.4 Å². The van der Waals surface area contributed by atoms with Gasteiger partial charge >= 0.3 is 0 Å². The largest absolute Gasteiger partial charge is 0.289 e. The molecule has 0 aliphatic heterocycles. The smallest absolute Gasteiger partial charge is 0.264 e. The molecule has 1 heterocycles. The van der Waals surface area contributed by atoms with E-state index in [2.05, 4.69) is 5.10 Å². The van der Waals surface area contributed by atoms with Gasteiger partial charge in [0.15, 0.2) is 14.6 Å². The number of sulfone groups is 1. The van der Waals surface area contributed by atoms with Crippen LogP contribution in [0.3, 0.4) is 0 Å². The summed E-state index contributed by atoms with van der Waals surface area (Å²) in [5.74, 6) is -0.949. The molecule has 1 aromatic heterocycles. The summed E-state index contributed by atoms with van der Waals surface area (Å²) in [5, 5.41) is 13.0. The summed E-state index contributed by atoms with van der Waals surface area (Å²) in [4.78, 5) is 11.8. The summed E-state index contributed by atoms with van der Waals surface area (Å²) < 4.78 is 23.7. The monoisotopic (exact) mass is 337 g/mol. The van der Waals surface area contributed by atoms with Crippen molar-refractivity contribution in [3.63, 3.8) is 0 Å². The van der Waals surface area contributed by atoms with Crippen LogP contribution in [0.1, 0.15) is 13.3 Å². The highest BCUT2D eigenvalue weighted by Crippen LogP contribution is 2.23. The van der Waals surface area contributed by atoms with Gasteiger partial charge in [0.2, 0.25) is 0 Å². The van der Waals surface area contributed by atoms with Crippen molar-refractivity contribution in [2.75, 3.05) is 6.26 Å². The van der Waals surface area contributed by atoms with E-state index in [1.165, 1.54) is 12.4 Å². The average Bonchev–Trinajstić information content (AvgIpc) is 3.00. The quantitative estimate of drug-likeness (QED) is 0.610. The summed E-state index contributed by atoms with van der Waals surface area (Å²) in [6.45, 7) is 1.51. The summed E-state index contributed by atoms with van der Waals surface area (Å²) in [6, 6.07) is 9.64. The Morgan fingerprint density at radius 2 is 1.96 bits per heavy atom. The molecule has 7 nitrogen and oxygen atoms in total. The number of nitrogens with zero attached hydrogens (tertiary/aromatic N) is 2. The minimum absolute atomic E-state index is 0.00582. The first kappa shape index (κ1) is 17.2. The maximum atomic E-state index is 11.9. The van der Waals surface area contributed by atoms with E-state index in [9.17, 15) is 13.2 Å². The number of hydrogen-bond donors (Lipinski definition) is 2. The van der Waals surface area contributed by atoms with Gasteiger partial charge in [0.1, 0.15) is 0 Å². The van der Waals surface area contributed by atoms with E-state index < -0.39 is 20.5 Å². The standard InChI is InChI=1S/C15H19N3O4S/c1-15(14(19)17-20,23(2,21)22)8-9-18-11-13(10-16-18)12-6-4-3-5-7-12/h3-7,10-11,20H,8-9H2,1-2H3,(H,17,19). The molecule has 0 radical (unpaired) electrons. The molecular formula is C15H19N3O4S. The van der Waals surface area contributed by atoms with E-state index in [4.69, 9.17) is 5.21 Å². The van der Waals surface area contributed by atoms with E-state index >= 15 is 0 Å². The Morgan fingerprint density at radius 3 is 2.52 bits per heavy atom. The maximum Gasteiger partial charge on any atom is 0.264 e. The number of hydroxylamine groups is 1. The predicted octanol–water partition coefficient (Wildman–Crippen LogP) is 1.25. The third-order valence-corrected chi connectivity index (χ3v) is 5.98. The van der Waals surface area contributed by atoms with Crippen molar-refractivity contribution in [2.45, 2.75) is 24.6 Å². The Morgan fingerprint density at radius 1 is 1.30 bits per heavy atom. The zero-order valence-corrected chi connectivity index (χ0v) is 13.7. The van der Waals surface area contributed by atoms with Crippen LogP contribution in [0.4, 0.5) is 0 Å². The topological polar surface area (TPSA) is 101 Å². The normalized spacial score (nSPS) is 14.2. The fourth-order valence-electron chi connectivity index (χ4n) is 2.18. The molecule has 0 fully saturated rings. The lowest BCUT2D eigenvalue weighted by atomic mass is 10.1. The van der Waals surface area contributed by atoms with Gasteiger partial charge in [-0.1, -0.05) is 30.3 Å². The van der Waals surface area contributed by atoms with Crippen molar-refractivity contribution in [1.29, 1.82) is 0 Å². The Balaban J connectivity index is 2.17. The number of aryl methyl sites for hydroxylation is 1. The Hall–Kier alpha value is -2.19. The summed E-state index contributed by atoms with van der Waals surface area (Å²) >= 11 is 0. The first-order valence-corrected chi connectivity index (χ1v) is 8.89. The first-order chi connectivity index (χ1) is 10.8. The maximum absolute atomic E-state index is 11.9. The van der Waals surface area contributed by atoms with Crippen molar-refractivity contribution in [3.8, 4) is 11.1 Å². The fraction of sp³-hybridized carbons (Fsp3) is 0.333. The van der Waals surface area contributed by atoms with Crippen LogP contribution in [0.15, 0.2) is 42.7 Å². The third-order valence-electron chi connectivity index (χ3n) is 3.96. The Bertz CT molecular complexity index is 786. The molecule has 0 saturated carbocycles. The number of nitrogens with one attached hydrogen (secondary N) is 1. The molecule has 124 valence electrons. The van der Waals surface area contributed by atoms with Crippen LogP contribution in [-0.4, -0.2) is 40.3 Å². The van der Waals surface area contributed by atoms with Crippen molar-refractivity contribution in [1.82, 2.24) is 15.3 Å². The fourth-order valence-corrected chi connectivity index (χ4v) is 3.02. The second-order valence-corrected chi connectivity index (χ2v) is 8.00. The highest BCUT2D eigenvalue weighted by Gasteiger charge is 2.43. The molecule has 0 saturated heterocycles. The van der Waals surface area contributed by atoms with Crippen LogP contribution in [0.25, 0.3) is 11.1 Å². The van der Waals surface area contributed by atoms with Crippen LogP contribution < -0.4 is 5.48 Å². The van der Waals surface area contributed by atoms with Gasteiger partial charge in [-0.05, 0) is 18.9 Å². The van der Waals surface area contributed by atoms with E-state index in [0.717, 1.165) is 17.4 Å². The molecule has 2 N–H and O–H groups in total. The lowest BCUT2D eigenvalue weighted by Gasteiger charge is -2.24. The van der Waals surface area contributed by atoms with Crippen LogP contribution in [-0.2, 0) is 21.2 Å². The first-order valence-electron chi connectivity index (χ1n) is 7.00. The minimum atomic E-state index is -3.70. The molecule has 1 amide bonds. The second-order valence-electron chi connectivity index (χ2n) is 5.55. The van der Waals surface area contributed by atoms with Crippen molar-refractivity contribution in [2.24, 2.45) is 0 Å². The number of hydrogen-bond acceptors (Lipinski definition) is 5. The molecule has 1 aromatic carbocycles. The van der Waals surface area contributed by atoms with Crippen LogP contribution in [0.5, 0.6) is 0 Å². The van der Waals surface area contributed by atoms with Gasteiger partial charge in [-0.25, -0.2) is 13.9 Å². The van der Waals surface area contributed by atoms with Gasteiger partial charge in [0.05, 0.1) is 6.20 Å². The number of amides is 1. The zero-order chi connectivity index (χ0) is 17.1. The van der Waals surface area contributed by atoms with E-state index in [1.807, 2.05) is 30.3 Å². The third kappa shape index (κ3) is 3.59. The molecule has 1 unspecified atom stereocenters. The lowest BCUT2D eigenvalue weighted by Crippen LogP contribution is -2.49. The van der Waals surface area contributed by atoms with Crippen molar-refractivity contribution >= 4 is 15.7 Å². The average molecular weight is 337 g/mol. The van der Waals surface area contributed by atoms with E-state index in [-0.39, 0.29) is 13.0 Å². The number of rotatable bonds is 6. The van der Waals surface area contributed by atoms with Crippen LogP contribution in [0.2, 0.25) is 0 Å². The Labute approximate surface area is 134 Å². The van der Waals surface area contributed by atoms with Gasteiger partial charge in [0, 0.05) is 24.6 Å². The predicted molar refractivity (Wildman–Crippen MR) is 85.5 cm³/mol. The minimum Gasteiger partial charge on any atom is -0.289 e. The van der Waals surface area contributed by atoms with Crippen LogP contribution >= 0.6 is 0 Å². The molecule has 0 spiro atoms. The lowest BCUT2D eigenvalue weighted by molar-refractivity contribution is -0.131. The van der Waals surface area contributed by atoms with Gasteiger partial charge in [0.25, 0.3) is 5.91 Å². The molecule has 1 atom stereocenters. The molecule has 0 bridgehead atoms. The highest BCUT2D eigenvalue weighted by molar-refractivity contribution is 7.92. The van der Waals surface area contributed by atoms with Crippen LogP contribution in [0, 0.1) is 0 Å². The molecule has 2 rings (SSSR count). The number of carbonyl (C=O) groups is 1.